The number of benzene rings is 7. The van der Waals surface area contributed by atoms with Crippen LogP contribution in [0.4, 0.5) is 0 Å². The van der Waals surface area contributed by atoms with Gasteiger partial charge in [-0.2, -0.15) is 0 Å². The number of rotatable bonds is 7. The van der Waals surface area contributed by atoms with Gasteiger partial charge in [0.15, 0.2) is 6.17 Å². The molecule has 4 aliphatic rings. The molecule has 5 heteroatoms. The zero-order chi connectivity index (χ0) is 46.8. The third-order valence-electron chi connectivity index (χ3n) is 15.9. The largest absolute Gasteiger partial charge is 0.324 e. The van der Waals surface area contributed by atoms with E-state index in [1.54, 1.807) is 11.1 Å². The van der Waals surface area contributed by atoms with Gasteiger partial charge in [-0.15, -0.1) is 0 Å². The van der Waals surface area contributed by atoms with Crippen LogP contribution in [0.5, 0.6) is 0 Å². The van der Waals surface area contributed by atoms with E-state index in [-0.39, 0.29) is 10.8 Å². The number of aromatic nitrogens is 2. The van der Waals surface area contributed by atoms with Gasteiger partial charge in [0.25, 0.3) is 0 Å². The molecule has 13 rings (SSSR count). The lowest BCUT2D eigenvalue weighted by Gasteiger charge is -2.27. The van der Waals surface area contributed by atoms with E-state index in [1.807, 2.05) is 0 Å². The van der Waals surface area contributed by atoms with E-state index < -0.39 is 6.17 Å². The molecule has 3 heterocycles. The fourth-order valence-electron chi connectivity index (χ4n) is 12.5. The van der Waals surface area contributed by atoms with E-state index in [1.165, 1.54) is 85.2 Å². The van der Waals surface area contributed by atoms with Crippen LogP contribution >= 0.6 is 0 Å². The first-order valence-corrected chi connectivity index (χ1v) is 24.7. The van der Waals surface area contributed by atoms with Crippen LogP contribution in [0.2, 0.25) is 0 Å². The Bertz CT molecular complexity index is 3840. The third kappa shape index (κ3) is 6.09. The van der Waals surface area contributed by atoms with Crippen molar-refractivity contribution in [3.8, 4) is 16.8 Å². The Morgan fingerprint density at radius 1 is 0.609 bits per heavy atom. The number of aliphatic imine (C=N–C) groups is 2. The summed E-state index contributed by atoms with van der Waals surface area (Å²) in [5, 5.41) is 8.70. The number of nitrogens with one attached hydrogen (secondary N) is 1. The molecule has 7 aromatic carbocycles. The Hall–Kier alpha value is -7.76. The first-order valence-electron chi connectivity index (χ1n) is 24.7. The van der Waals surface area contributed by atoms with Gasteiger partial charge in [0.05, 0.1) is 33.5 Å². The minimum Gasteiger partial charge on any atom is -0.324 e. The highest BCUT2D eigenvalue weighted by Crippen LogP contribution is 2.54. The fourth-order valence-corrected chi connectivity index (χ4v) is 12.5. The predicted octanol–water partition coefficient (Wildman–Crippen LogP) is 15.9. The normalized spacial score (nSPS) is 18.1. The Balaban J connectivity index is 1.00. The van der Waals surface area contributed by atoms with Crippen LogP contribution in [0.3, 0.4) is 0 Å². The average Bonchev–Trinajstić information content (AvgIpc) is 4.03. The number of amidine groups is 2. The summed E-state index contributed by atoms with van der Waals surface area (Å²) >= 11 is 0. The van der Waals surface area contributed by atoms with Crippen LogP contribution in [-0.2, 0) is 10.8 Å². The Kier molecular flexibility index (Phi) is 9.23. The molecule has 69 heavy (non-hydrogen) atoms. The summed E-state index contributed by atoms with van der Waals surface area (Å²) in [5.41, 5.74) is 20.7. The van der Waals surface area contributed by atoms with Crippen molar-refractivity contribution in [3.63, 3.8) is 0 Å². The molecule has 1 N–H and O–H groups in total. The van der Waals surface area contributed by atoms with E-state index in [4.69, 9.17) is 16.6 Å². The molecule has 3 aliphatic carbocycles. The molecule has 1 unspecified atom stereocenters. The summed E-state index contributed by atoms with van der Waals surface area (Å²) < 4.78 is 4.87. The maximum atomic E-state index is 5.61. The summed E-state index contributed by atoms with van der Waals surface area (Å²) in [5.74, 6) is 1.44. The molecular formula is C64H55N5. The Morgan fingerprint density at radius 3 is 2.07 bits per heavy atom. The second kappa shape index (κ2) is 15.4. The van der Waals surface area contributed by atoms with Gasteiger partial charge in [0, 0.05) is 49.1 Å². The van der Waals surface area contributed by atoms with E-state index in [0.717, 1.165) is 51.4 Å². The lowest BCUT2D eigenvalue weighted by molar-refractivity contribution is 0.574. The van der Waals surface area contributed by atoms with Gasteiger partial charge in [-0.3, -0.25) is 0 Å². The second-order valence-corrected chi connectivity index (χ2v) is 20.4. The van der Waals surface area contributed by atoms with Crippen molar-refractivity contribution in [2.75, 3.05) is 0 Å². The SMILES string of the molecule is C=C(C1=NC(c2ccccc2-n2c3ccccc3c3cc4c(cc32)-c2ccccc2C4(C)C)N=C(c2ccccc2)N1)/C(=C\C=C/C)n1c2ccccc2c2cc3c(cc21)C1=C(CCCC1)C3(C)C. The van der Waals surface area contributed by atoms with Crippen LogP contribution in [0, 0.1) is 0 Å². The van der Waals surface area contributed by atoms with E-state index in [9.17, 15) is 0 Å². The minimum absolute atomic E-state index is 0.0104. The molecule has 1 atom stereocenters. The molecule has 0 spiro atoms. The molecular weight excluding hydrogens is 839 g/mol. The van der Waals surface area contributed by atoms with Crippen molar-refractivity contribution >= 4 is 66.6 Å². The highest BCUT2D eigenvalue weighted by Gasteiger charge is 2.40. The number of hydrogen-bond acceptors (Lipinski definition) is 3. The van der Waals surface area contributed by atoms with Crippen LogP contribution in [0.25, 0.3) is 71.7 Å². The molecule has 0 saturated carbocycles. The van der Waals surface area contributed by atoms with Gasteiger partial charge in [-0.05, 0) is 120 Å². The van der Waals surface area contributed by atoms with Crippen molar-refractivity contribution in [2.45, 2.75) is 77.3 Å². The number of para-hydroxylation sites is 3. The number of nitrogens with zero attached hydrogens (tertiary/aromatic N) is 4. The summed E-state index contributed by atoms with van der Waals surface area (Å²) in [6.45, 7) is 16.6. The number of allylic oxidation sites excluding steroid dienone is 5. The van der Waals surface area contributed by atoms with Gasteiger partial charge >= 0.3 is 0 Å². The van der Waals surface area contributed by atoms with Gasteiger partial charge in [0.1, 0.15) is 11.7 Å². The number of hydrogen-bond donors (Lipinski definition) is 1. The van der Waals surface area contributed by atoms with E-state index in [2.05, 4.69) is 219 Å². The maximum Gasteiger partial charge on any atom is 0.171 e. The number of fused-ring (bicyclic) bond motifs is 11. The molecule has 336 valence electrons. The molecule has 0 fully saturated rings. The van der Waals surface area contributed by atoms with Crippen LogP contribution in [0.1, 0.15) is 99.8 Å². The molecule has 2 aromatic heterocycles. The smallest absolute Gasteiger partial charge is 0.171 e. The molecule has 0 bridgehead atoms. The molecule has 1 aliphatic heterocycles. The Morgan fingerprint density at radius 2 is 1.26 bits per heavy atom. The molecule has 0 amide bonds. The predicted molar refractivity (Wildman–Crippen MR) is 291 cm³/mol. The van der Waals surface area contributed by atoms with Crippen LogP contribution in [0.15, 0.2) is 198 Å². The summed E-state index contributed by atoms with van der Waals surface area (Å²) in [6, 6.07) is 55.6. The third-order valence-corrected chi connectivity index (χ3v) is 15.9. The topological polar surface area (TPSA) is 46.6 Å². The van der Waals surface area contributed by atoms with E-state index in [0.29, 0.717) is 5.84 Å². The molecule has 9 aromatic rings. The quantitative estimate of drug-likeness (QED) is 0.159. The summed E-state index contributed by atoms with van der Waals surface area (Å²) in [4.78, 5) is 11.1. The van der Waals surface area contributed by atoms with Crippen LogP contribution in [-0.4, -0.2) is 20.8 Å². The molecule has 0 saturated heterocycles. The monoisotopic (exact) mass is 893 g/mol. The van der Waals surface area contributed by atoms with Gasteiger partial charge in [-0.25, -0.2) is 9.98 Å². The lowest BCUT2D eigenvalue weighted by atomic mass is 9.77. The van der Waals surface area contributed by atoms with Gasteiger partial charge in [0.2, 0.25) is 0 Å². The maximum absolute atomic E-state index is 5.61. The fraction of sp³-hybridized carbons (Fsp3) is 0.188. The van der Waals surface area contributed by atoms with Crippen molar-refractivity contribution in [1.82, 2.24) is 14.5 Å². The average molecular weight is 894 g/mol. The highest BCUT2D eigenvalue weighted by molar-refractivity contribution is 6.22. The minimum atomic E-state index is -0.585. The molecule has 5 nitrogen and oxygen atoms in total. The van der Waals surface area contributed by atoms with Crippen LogP contribution < -0.4 is 5.32 Å². The summed E-state index contributed by atoms with van der Waals surface area (Å²) in [6.07, 6.45) is 10.7. The summed E-state index contributed by atoms with van der Waals surface area (Å²) in [7, 11) is 0. The standard InChI is InChI=1S/C64H55N5/c1-7-8-31-54(68-55-32-19-14-26-43(55)48-35-52-46(37-58(48)68)41-24-12-17-29-50(41)63(52,3)4)39(2)60-65-61(40-22-10-9-11-23-40)67-62(66-60)45-28-16-21-34-57(45)69-56-33-20-15-27-44(56)49-36-53-47(38-59(49)69)42-25-13-18-30-51(42)64(53,5)6/h7-11,13-16,18-23,25-28,30-38,62H,2,12,17,24,29H2,1,3-6H3,(H,65,66,67)/b8-7-,54-31+. The molecule has 0 radical (unpaired) electrons. The first-order chi connectivity index (χ1) is 33.6. The highest BCUT2D eigenvalue weighted by atomic mass is 15.2. The Labute approximate surface area is 404 Å². The lowest BCUT2D eigenvalue weighted by Crippen LogP contribution is -2.37. The van der Waals surface area contributed by atoms with Crippen molar-refractivity contribution < 1.29 is 0 Å². The zero-order valence-electron chi connectivity index (χ0n) is 40.1. The van der Waals surface area contributed by atoms with E-state index >= 15 is 0 Å². The van der Waals surface area contributed by atoms with Gasteiger partial charge < -0.3 is 14.5 Å². The van der Waals surface area contributed by atoms with Gasteiger partial charge in [-0.1, -0.05) is 161 Å². The van der Waals surface area contributed by atoms with Crippen molar-refractivity contribution in [1.29, 1.82) is 0 Å². The zero-order valence-corrected chi connectivity index (χ0v) is 40.1. The first kappa shape index (κ1) is 41.4. The van der Waals surface area contributed by atoms with Crippen molar-refractivity contribution in [2.24, 2.45) is 9.98 Å². The van der Waals surface area contributed by atoms with Crippen molar-refractivity contribution in [3.05, 3.63) is 221 Å². The second-order valence-electron chi connectivity index (χ2n) is 20.4.